The van der Waals surface area contributed by atoms with Crippen LogP contribution in [-0.4, -0.2) is 41.8 Å². The number of hydrogen-bond donors (Lipinski definition) is 2. The molecule has 5 atom stereocenters. The summed E-state index contributed by atoms with van der Waals surface area (Å²) in [4.78, 5) is 49.5. The summed E-state index contributed by atoms with van der Waals surface area (Å²) in [6, 6.07) is 8.81. The maximum absolute atomic E-state index is 13.2. The minimum atomic E-state index is -0.661. The van der Waals surface area contributed by atoms with E-state index in [1.54, 1.807) is 0 Å². The van der Waals surface area contributed by atoms with E-state index in [1.807, 2.05) is 30.3 Å². The molecule has 4 fully saturated rings. The molecule has 172 valence electrons. The molecule has 0 aliphatic heterocycles. The van der Waals surface area contributed by atoms with Crippen LogP contribution in [0.2, 0.25) is 0 Å². The van der Waals surface area contributed by atoms with Crippen LogP contribution in [0.4, 0.5) is 0 Å². The number of benzene rings is 1. The highest BCUT2D eigenvalue weighted by molar-refractivity contribution is 5.89. The molecule has 1 aromatic rings. The van der Waals surface area contributed by atoms with Crippen molar-refractivity contribution >= 4 is 23.6 Å². The van der Waals surface area contributed by atoms with Crippen molar-refractivity contribution in [1.82, 2.24) is 10.6 Å². The molecule has 2 amide bonds. The third-order valence-electron chi connectivity index (χ3n) is 7.38. The molecule has 2 N–H and O–H groups in total. The molecule has 32 heavy (non-hydrogen) atoms. The van der Waals surface area contributed by atoms with E-state index < -0.39 is 24.0 Å². The largest absolute Gasteiger partial charge is 0.455 e. The van der Waals surface area contributed by atoms with E-state index in [1.165, 1.54) is 13.8 Å². The van der Waals surface area contributed by atoms with Crippen molar-refractivity contribution in [3.63, 3.8) is 0 Å². The van der Waals surface area contributed by atoms with Gasteiger partial charge < -0.3 is 15.4 Å². The van der Waals surface area contributed by atoms with Gasteiger partial charge in [-0.15, -0.1) is 0 Å². The lowest BCUT2D eigenvalue weighted by molar-refractivity contribution is -0.177. The van der Waals surface area contributed by atoms with E-state index in [0.29, 0.717) is 24.7 Å². The lowest BCUT2D eigenvalue weighted by atomic mass is 9.47. The summed E-state index contributed by atoms with van der Waals surface area (Å²) >= 11 is 0. The topological polar surface area (TPSA) is 102 Å². The maximum Gasteiger partial charge on any atom is 0.312 e. The van der Waals surface area contributed by atoms with Crippen molar-refractivity contribution < 1.29 is 23.9 Å². The van der Waals surface area contributed by atoms with Crippen LogP contribution in [0.15, 0.2) is 30.3 Å². The summed E-state index contributed by atoms with van der Waals surface area (Å²) in [6.45, 7) is 2.56. The first-order chi connectivity index (χ1) is 15.2. The van der Waals surface area contributed by atoms with E-state index >= 15 is 0 Å². The van der Waals surface area contributed by atoms with Crippen LogP contribution < -0.4 is 10.6 Å². The zero-order chi connectivity index (χ0) is 22.9. The lowest BCUT2D eigenvalue weighted by Gasteiger charge is -2.60. The Hall–Kier alpha value is -2.70. The first-order valence-corrected chi connectivity index (χ1v) is 11.5. The Bertz CT molecular complexity index is 898. The smallest absolute Gasteiger partial charge is 0.312 e. The number of ether oxygens (including phenoxy) is 1. The molecule has 0 saturated heterocycles. The highest BCUT2D eigenvalue weighted by Crippen LogP contribution is 2.62. The average molecular weight is 441 g/mol. The first kappa shape index (κ1) is 22.5. The second-order valence-corrected chi connectivity index (χ2v) is 10.2. The zero-order valence-electron chi connectivity index (χ0n) is 18.8. The quantitative estimate of drug-likeness (QED) is 0.604. The Morgan fingerprint density at radius 1 is 1.03 bits per heavy atom. The van der Waals surface area contributed by atoms with Crippen LogP contribution >= 0.6 is 0 Å². The molecule has 0 radical (unpaired) electrons. The molecule has 2 unspecified atom stereocenters. The molecule has 7 heteroatoms. The van der Waals surface area contributed by atoms with Crippen molar-refractivity contribution in [2.75, 3.05) is 6.61 Å². The van der Waals surface area contributed by atoms with Crippen LogP contribution in [0.3, 0.4) is 0 Å². The highest BCUT2D eigenvalue weighted by atomic mass is 16.5. The molecule has 0 heterocycles. The van der Waals surface area contributed by atoms with Crippen LogP contribution in [0.25, 0.3) is 0 Å². The lowest BCUT2D eigenvalue weighted by Crippen LogP contribution is -2.64. The number of ketones is 1. The van der Waals surface area contributed by atoms with Gasteiger partial charge in [0.1, 0.15) is 0 Å². The van der Waals surface area contributed by atoms with Gasteiger partial charge in [0.25, 0.3) is 5.91 Å². The molecular weight excluding hydrogens is 408 g/mol. The first-order valence-electron chi connectivity index (χ1n) is 11.5. The molecule has 5 rings (SSSR count). The standard InChI is InChI=1S/C25H32N2O5/c1-16(28)21(9-18-6-4-3-5-7-18)26-22(30)14-32-23(31)24-10-19-8-20(11-24)13-25(12-19,15-24)27-17(2)29/h3-7,19-21H,8-15H2,1-2H3,(H,26,30)(H,27,29)/t19-,20+,21-,24?,25?/m0/s1. The molecule has 0 aromatic heterocycles. The van der Waals surface area contributed by atoms with Gasteiger partial charge in [-0.1, -0.05) is 30.3 Å². The van der Waals surface area contributed by atoms with Crippen molar-refractivity contribution in [2.24, 2.45) is 17.3 Å². The van der Waals surface area contributed by atoms with Gasteiger partial charge in [-0.05, 0) is 69.3 Å². The van der Waals surface area contributed by atoms with Crippen molar-refractivity contribution in [2.45, 2.75) is 70.4 Å². The molecular formula is C25H32N2O5. The van der Waals surface area contributed by atoms with E-state index in [0.717, 1.165) is 37.7 Å². The summed E-state index contributed by atoms with van der Waals surface area (Å²) in [5.41, 5.74) is -0.00879. The van der Waals surface area contributed by atoms with E-state index in [-0.39, 0.29) is 23.2 Å². The summed E-state index contributed by atoms with van der Waals surface area (Å²) in [5, 5.41) is 5.84. The Balaban J connectivity index is 1.36. The molecule has 0 spiro atoms. The van der Waals surface area contributed by atoms with E-state index in [4.69, 9.17) is 4.74 Å². The van der Waals surface area contributed by atoms with E-state index in [2.05, 4.69) is 10.6 Å². The fourth-order valence-electron chi connectivity index (χ4n) is 6.69. The Labute approximate surface area is 188 Å². The van der Waals surface area contributed by atoms with Gasteiger partial charge in [0.05, 0.1) is 11.5 Å². The van der Waals surface area contributed by atoms with Crippen LogP contribution in [-0.2, 0) is 30.3 Å². The van der Waals surface area contributed by atoms with Gasteiger partial charge in [0.15, 0.2) is 12.4 Å². The zero-order valence-corrected chi connectivity index (χ0v) is 18.8. The van der Waals surface area contributed by atoms with Crippen LogP contribution in [0, 0.1) is 17.3 Å². The number of carbonyl (C=O) groups is 4. The Morgan fingerprint density at radius 2 is 1.69 bits per heavy atom. The van der Waals surface area contributed by atoms with Gasteiger partial charge >= 0.3 is 5.97 Å². The molecule has 7 nitrogen and oxygen atoms in total. The van der Waals surface area contributed by atoms with Crippen LogP contribution in [0.1, 0.15) is 57.9 Å². The van der Waals surface area contributed by atoms with Crippen molar-refractivity contribution in [1.29, 1.82) is 0 Å². The summed E-state index contributed by atoms with van der Waals surface area (Å²) in [6.07, 6.45) is 5.41. The van der Waals surface area contributed by atoms with Gasteiger partial charge in [-0.25, -0.2) is 0 Å². The molecule has 4 aliphatic rings. The Morgan fingerprint density at radius 3 is 2.28 bits per heavy atom. The third-order valence-corrected chi connectivity index (χ3v) is 7.38. The van der Waals surface area contributed by atoms with Gasteiger partial charge in [0.2, 0.25) is 5.91 Å². The predicted molar refractivity (Wildman–Crippen MR) is 117 cm³/mol. The average Bonchev–Trinajstić information content (AvgIpc) is 2.70. The van der Waals surface area contributed by atoms with Gasteiger partial charge in [-0.2, -0.15) is 0 Å². The van der Waals surface area contributed by atoms with Crippen molar-refractivity contribution in [3.05, 3.63) is 35.9 Å². The molecule has 4 bridgehead atoms. The number of rotatable bonds is 8. The molecule has 4 saturated carbocycles. The van der Waals surface area contributed by atoms with Gasteiger partial charge in [0, 0.05) is 12.5 Å². The minimum absolute atomic E-state index is 0.0662. The number of hydrogen-bond acceptors (Lipinski definition) is 5. The minimum Gasteiger partial charge on any atom is -0.455 e. The Kier molecular flexibility index (Phi) is 6.10. The second-order valence-electron chi connectivity index (χ2n) is 10.2. The molecule has 4 aliphatic carbocycles. The number of nitrogens with one attached hydrogen (secondary N) is 2. The summed E-state index contributed by atoms with van der Waals surface area (Å²) in [7, 11) is 0. The second kappa shape index (κ2) is 8.68. The fourth-order valence-corrected chi connectivity index (χ4v) is 6.69. The summed E-state index contributed by atoms with van der Waals surface area (Å²) < 4.78 is 5.49. The SMILES string of the molecule is CC(=O)NC12C[C@H]3C[C@@H](C1)CC(C(=O)OCC(=O)N[C@@H](Cc1ccccc1)C(C)=O)(C3)C2. The van der Waals surface area contributed by atoms with Gasteiger partial charge in [-0.3, -0.25) is 19.2 Å². The number of carbonyl (C=O) groups excluding carboxylic acids is 4. The normalized spacial score (nSPS) is 30.9. The molecule has 1 aromatic carbocycles. The fraction of sp³-hybridized carbons (Fsp3) is 0.600. The number of amides is 2. The van der Waals surface area contributed by atoms with E-state index in [9.17, 15) is 19.2 Å². The third kappa shape index (κ3) is 4.71. The number of esters is 1. The summed E-state index contributed by atoms with van der Waals surface area (Å²) in [5.74, 6) is -0.236. The predicted octanol–water partition coefficient (Wildman–Crippen LogP) is 2.32. The van der Waals surface area contributed by atoms with Crippen LogP contribution in [0.5, 0.6) is 0 Å². The monoisotopic (exact) mass is 440 g/mol. The highest BCUT2D eigenvalue weighted by Gasteiger charge is 2.61. The maximum atomic E-state index is 13.2. The number of Topliss-reactive ketones (excluding diaryl/α,β-unsaturated/α-hetero) is 1. The van der Waals surface area contributed by atoms with Crippen molar-refractivity contribution in [3.8, 4) is 0 Å².